The zero-order valence-electron chi connectivity index (χ0n) is 14.3. The first-order valence-corrected chi connectivity index (χ1v) is 9.41. The Bertz CT molecular complexity index is 879. The molecule has 0 aliphatic carbocycles. The summed E-state index contributed by atoms with van der Waals surface area (Å²) in [5.74, 6) is 0.769. The molecule has 2 aromatic carbocycles. The van der Waals surface area contributed by atoms with Crippen molar-refractivity contribution in [1.29, 1.82) is 0 Å². The Hall–Kier alpha value is -2.38. The van der Waals surface area contributed by atoms with Crippen LogP contribution < -0.4 is 15.4 Å². The number of aromatic nitrogens is 2. The topological polar surface area (TPSA) is 51.1 Å². The van der Waals surface area contributed by atoms with Gasteiger partial charge in [-0.2, -0.15) is 5.10 Å². The second-order valence-electron chi connectivity index (χ2n) is 5.56. The molecule has 1 heterocycles. The number of nitrogens with one attached hydrogen (secondary N) is 2. The van der Waals surface area contributed by atoms with Crippen molar-refractivity contribution in [3.05, 3.63) is 71.0 Å². The van der Waals surface area contributed by atoms with Crippen LogP contribution in [0.2, 0.25) is 0 Å². The first kappa shape index (κ1) is 18.4. The fourth-order valence-electron chi connectivity index (χ4n) is 2.43. The molecule has 7 heteroatoms. The van der Waals surface area contributed by atoms with Gasteiger partial charge in [0.05, 0.1) is 30.7 Å². The van der Waals surface area contributed by atoms with Crippen LogP contribution in [0.25, 0.3) is 0 Å². The van der Waals surface area contributed by atoms with Gasteiger partial charge >= 0.3 is 0 Å². The molecule has 0 bridgehead atoms. The Morgan fingerprint density at radius 1 is 1.15 bits per heavy atom. The standard InChI is InChI=1S/C19H19BrN4OS/c1-2-25-18-6-4-3-5-17(18)23-19(26)22-16-11-21-24(13-16)12-14-7-9-15(20)10-8-14/h3-11,13H,2,12H2,1H3,(H2,22,23,26). The molecule has 0 atom stereocenters. The SMILES string of the molecule is CCOc1ccccc1NC(=S)Nc1cnn(Cc2ccc(Br)cc2)c1. The van der Waals surface area contributed by atoms with Crippen molar-refractivity contribution in [3.63, 3.8) is 0 Å². The molecule has 0 amide bonds. The van der Waals surface area contributed by atoms with Crippen molar-refractivity contribution in [3.8, 4) is 5.75 Å². The second kappa shape index (κ2) is 8.82. The lowest BCUT2D eigenvalue weighted by atomic mass is 10.2. The Morgan fingerprint density at radius 2 is 1.92 bits per heavy atom. The van der Waals surface area contributed by atoms with Crippen LogP contribution in [0.5, 0.6) is 5.75 Å². The molecule has 5 nitrogen and oxygen atoms in total. The van der Waals surface area contributed by atoms with Crippen LogP contribution in [0, 0.1) is 0 Å². The summed E-state index contributed by atoms with van der Waals surface area (Å²) < 4.78 is 8.52. The zero-order chi connectivity index (χ0) is 18.4. The summed E-state index contributed by atoms with van der Waals surface area (Å²) in [6, 6.07) is 15.9. The molecule has 3 aromatic rings. The van der Waals surface area contributed by atoms with E-state index in [1.54, 1.807) is 6.20 Å². The van der Waals surface area contributed by atoms with E-state index >= 15 is 0 Å². The summed E-state index contributed by atoms with van der Waals surface area (Å²) in [6.45, 7) is 3.25. The fourth-order valence-corrected chi connectivity index (χ4v) is 2.92. The molecule has 0 radical (unpaired) electrons. The average Bonchev–Trinajstić information content (AvgIpc) is 3.05. The second-order valence-corrected chi connectivity index (χ2v) is 6.89. The van der Waals surface area contributed by atoms with Crippen LogP contribution >= 0.6 is 28.1 Å². The minimum atomic E-state index is 0.486. The summed E-state index contributed by atoms with van der Waals surface area (Å²) in [5, 5.41) is 11.2. The number of thiocarbonyl (C=S) groups is 1. The number of para-hydroxylation sites is 2. The number of rotatable bonds is 6. The number of anilines is 2. The maximum atomic E-state index is 5.60. The molecule has 0 fully saturated rings. The van der Waals surface area contributed by atoms with Crippen LogP contribution in [-0.4, -0.2) is 21.5 Å². The maximum absolute atomic E-state index is 5.60. The number of hydrogen-bond donors (Lipinski definition) is 2. The molecule has 3 rings (SSSR count). The van der Waals surface area contributed by atoms with Gasteiger partial charge in [0.15, 0.2) is 5.11 Å². The van der Waals surface area contributed by atoms with E-state index in [4.69, 9.17) is 17.0 Å². The zero-order valence-corrected chi connectivity index (χ0v) is 16.7. The lowest BCUT2D eigenvalue weighted by Crippen LogP contribution is -2.19. The highest BCUT2D eigenvalue weighted by Crippen LogP contribution is 2.24. The van der Waals surface area contributed by atoms with Crippen molar-refractivity contribution in [2.75, 3.05) is 17.2 Å². The van der Waals surface area contributed by atoms with Crippen molar-refractivity contribution in [1.82, 2.24) is 9.78 Å². The molecular formula is C19H19BrN4OS. The normalized spacial score (nSPS) is 10.4. The van der Waals surface area contributed by atoms with E-state index in [2.05, 4.69) is 43.8 Å². The highest BCUT2D eigenvalue weighted by Gasteiger charge is 2.06. The summed E-state index contributed by atoms with van der Waals surface area (Å²) >= 11 is 8.84. The summed E-state index contributed by atoms with van der Waals surface area (Å²) in [6.07, 6.45) is 3.67. The van der Waals surface area contributed by atoms with E-state index in [9.17, 15) is 0 Å². The molecule has 0 saturated carbocycles. The van der Waals surface area contributed by atoms with E-state index in [1.165, 1.54) is 5.56 Å². The van der Waals surface area contributed by atoms with Crippen LogP contribution in [0.3, 0.4) is 0 Å². The quantitative estimate of drug-likeness (QED) is 0.544. The lowest BCUT2D eigenvalue weighted by molar-refractivity contribution is 0.342. The van der Waals surface area contributed by atoms with Gasteiger partial charge in [-0.15, -0.1) is 0 Å². The van der Waals surface area contributed by atoms with Crippen molar-refractivity contribution < 1.29 is 4.74 Å². The number of hydrogen-bond acceptors (Lipinski definition) is 3. The van der Waals surface area contributed by atoms with E-state index in [-0.39, 0.29) is 0 Å². The molecule has 26 heavy (non-hydrogen) atoms. The molecule has 2 N–H and O–H groups in total. The van der Waals surface area contributed by atoms with Gasteiger partial charge < -0.3 is 15.4 Å². The molecule has 134 valence electrons. The predicted molar refractivity (Wildman–Crippen MR) is 113 cm³/mol. The molecule has 1 aromatic heterocycles. The third-order valence-corrected chi connectivity index (χ3v) is 4.32. The summed E-state index contributed by atoms with van der Waals surface area (Å²) in [5.41, 5.74) is 2.83. The van der Waals surface area contributed by atoms with E-state index in [0.717, 1.165) is 21.6 Å². The van der Waals surface area contributed by atoms with Gasteiger partial charge in [0.25, 0.3) is 0 Å². The minimum absolute atomic E-state index is 0.486. The Morgan fingerprint density at radius 3 is 2.69 bits per heavy atom. The highest BCUT2D eigenvalue weighted by molar-refractivity contribution is 9.10. The molecule has 0 aliphatic heterocycles. The van der Waals surface area contributed by atoms with Crippen LogP contribution in [0.1, 0.15) is 12.5 Å². The molecule has 0 spiro atoms. The fraction of sp³-hybridized carbons (Fsp3) is 0.158. The van der Waals surface area contributed by atoms with Gasteiger partial charge in [0, 0.05) is 10.7 Å². The highest BCUT2D eigenvalue weighted by atomic mass is 79.9. The summed E-state index contributed by atoms with van der Waals surface area (Å²) in [4.78, 5) is 0. The van der Waals surface area contributed by atoms with Crippen LogP contribution in [0.15, 0.2) is 65.4 Å². The van der Waals surface area contributed by atoms with Gasteiger partial charge in [-0.05, 0) is 49.0 Å². The average molecular weight is 431 g/mol. The third kappa shape index (κ3) is 5.06. The van der Waals surface area contributed by atoms with Gasteiger partial charge in [0.2, 0.25) is 0 Å². The first-order chi connectivity index (χ1) is 12.6. The molecular weight excluding hydrogens is 412 g/mol. The van der Waals surface area contributed by atoms with E-state index in [1.807, 2.05) is 54.2 Å². The monoisotopic (exact) mass is 430 g/mol. The molecule has 0 aliphatic rings. The van der Waals surface area contributed by atoms with Crippen LogP contribution in [0.4, 0.5) is 11.4 Å². The van der Waals surface area contributed by atoms with Crippen molar-refractivity contribution in [2.45, 2.75) is 13.5 Å². The van der Waals surface area contributed by atoms with Gasteiger partial charge in [-0.3, -0.25) is 4.68 Å². The van der Waals surface area contributed by atoms with Gasteiger partial charge in [-0.25, -0.2) is 0 Å². The number of benzene rings is 2. The van der Waals surface area contributed by atoms with Crippen LogP contribution in [-0.2, 0) is 6.54 Å². The maximum Gasteiger partial charge on any atom is 0.175 e. The Kier molecular flexibility index (Phi) is 6.25. The van der Waals surface area contributed by atoms with Gasteiger partial charge in [0.1, 0.15) is 5.75 Å². The van der Waals surface area contributed by atoms with E-state index < -0.39 is 0 Å². The lowest BCUT2D eigenvalue weighted by Gasteiger charge is -2.13. The summed E-state index contributed by atoms with van der Waals surface area (Å²) in [7, 11) is 0. The smallest absolute Gasteiger partial charge is 0.175 e. The predicted octanol–water partition coefficient (Wildman–Crippen LogP) is 4.90. The van der Waals surface area contributed by atoms with E-state index in [0.29, 0.717) is 18.3 Å². The Balaban J connectivity index is 1.60. The third-order valence-electron chi connectivity index (χ3n) is 3.58. The number of nitrogens with zero attached hydrogens (tertiary/aromatic N) is 2. The number of halogens is 1. The molecule has 0 unspecified atom stereocenters. The Labute approximate surface area is 166 Å². The van der Waals surface area contributed by atoms with Gasteiger partial charge in [-0.1, -0.05) is 40.2 Å². The number of ether oxygens (including phenoxy) is 1. The first-order valence-electron chi connectivity index (χ1n) is 8.21. The largest absolute Gasteiger partial charge is 0.492 e. The van der Waals surface area contributed by atoms with Crippen molar-refractivity contribution >= 4 is 44.6 Å². The molecule has 0 saturated heterocycles. The van der Waals surface area contributed by atoms with Crippen molar-refractivity contribution in [2.24, 2.45) is 0 Å². The minimum Gasteiger partial charge on any atom is -0.492 e.